The van der Waals surface area contributed by atoms with E-state index in [9.17, 15) is 22.8 Å². The lowest BCUT2D eigenvalue weighted by Gasteiger charge is -2.19. The number of allylic oxidation sites excluding steroid dienone is 1. The number of aliphatic carboxylic acids is 1. The number of hydrogen-bond donors (Lipinski definition) is 2. The van der Waals surface area contributed by atoms with E-state index in [1.165, 1.54) is 36.4 Å². The number of amides is 1. The van der Waals surface area contributed by atoms with E-state index in [0.717, 1.165) is 11.6 Å². The number of carboxylic acids is 1. The van der Waals surface area contributed by atoms with Crippen LogP contribution in [0.1, 0.15) is 38.5 Å². The lowest BCUT2D eigenvalue weighted by molar-refractivity contribution is -0.139. The molecule has 30 heavy (non-hydrogen) atoms. The predicted octanol–water partition coefficient (Wildman–Crippen LogP) is 5.89. The third-order valence-electron chi connectivity index (χ3n) is 4.46. The van der Waals surface area contributed by atoms with E-state index >= 15 is 0 Å². The molecular weight excluding hydrogens is 487 g/mol. The van der Waals surface area contributed by atoms with Gasteiger partial charge in [0.25, 0.3) is 5.91 Å². The molecule has 1 atom stereocenters. The van der Waals surface area contributed by atoms with E-state index in [1.807, 2.05) is 0 Å². The van der Waals surface area contributed by atoms with Crippen molar-refractivity contribution in [3.63, 3.8) is 0 Å². The van der Waals surface area contributed by atoms with Crippen molar-refractivity contribution in [3.05, 3.63) is 73.7 Å². The number of halogens is 5. The van der Waals surface area contributed by atoms with Crippen molar-refractivity contribution in [1.29, 1.82) is 0 Å². The Morgan fingerprint density at radius 2 is 1.90 bits per heavy atom. The highest BCUT2D eigenvalue weighted by Crippen LogP contribution is 2.38. The Kier molecular flexibility index (Phi) is 7.71. The summed E-state index contributed by atoms with van der Waals surface area (Å²) in [5.74, 6) is -3.66. The fourth-order valence-corrected chi connectivity index (χ4v) is 3.56. The van der Waals surface area contributed by atoms with E-state index < -0.39 is 30.5 Å². The van der Waals surface area contributed by atoms with Gasteiger partial charge in [-0.15, -0.1) is 0 Å². The first-order valence-corrected chi connectivity index (χ1v) is 9.88. The molecule has 0 bridgehead atoms. The molecular formula is C21H18BrClF3NO3. The zero-order valence-electron chi connectivity index (χ0n) is 16.0. The third-order valence-corrected chi connectivity index (χ3v) is 5.51. The first kappa shape index (κ1) is 24.0. The first-order chi connectivity index (χ1) is 13.9. The molecule has 0 spiro atoms. The Balaban J connectivity index is 2.31. The van der Waals surface area contributed by atoms with Gasteiger partial charge < -0.3 is 10.4 Å². The van der Waals surface area contributed by atoms with Gasteiger partial charge >= 0.3 is 12.1 Å². The van der Waals surface area contributed by atoms with Gasteiger partial charge in [-0.25, -0.2) is 0 Å². The summed E-state index contributed by atoms with van der Waals surface area (Å²) in [7, 11) is 0. The van der Waals surface area contributed by atoms with Crippen LogP contribution in [-0.2, 0) is 4.79 Å². The largest absolute Gasteiger partial charge is 0.480 e. The number of nitrogens with one attached hydrogen (secondary N) is 1. The van der Waals surface area contributed by atoms with E-state index in [0.29, 0.717) is 15.6 Å². The molecule has 0 heterocycles. The second-order valence-corrected chi connectivity index (χ2v) is 7.90. The number of carbonyl (C=O) groups is 2. The minimum atomic E-state index is -4.52. The normalized spacial score (nSPS) is 12.8. The zero-order valence-corrected chi connectivity index (χ0v) is 18.3. The van der Waals surface area contributed by atoms with Crippen LogP contribution in [0.5, 0.6) is 0 Å². The number of alkyl halides is 3. The van der Waals surface area contributed by atoms with Crippen LogP contribution in [0.15, 0.2) is 40.9 Å². The minimum absolute atomic E-state index is 0.0376. The van der Waals surface area contributed by atoms with Gasteiger partial charge in [0, 0.05) is 9.50 Å². The van der Waals surface area contributed by atoms with E-state index in [2.05, 4.69) is 21.2 Å². The average molecular weight is 505 g/mol. The third kappa shape index (κ3) is 6.09. The molecule has 1 amide bonds. The molecule has 0 saturated heterocycles. The molecule has 160 valence electrons. The maximum atomic E-state index is 13.7. The number of carboxylic acid groups (broad SMARTS) is 1. The molecule has 0 aromatic heterocycles. The zero-order chi connectivity index (χ0) is 22.6. The number of aryl methyl sites for hydroxylation is 1. The summed E-state index contributed by atoms with van der Waals surface area (Å²) >= 11 is 9.26. The molecule has 0 aliphatic heterocycles. The lowest BCUT2D eigenvalue weighted by atomic mass is 9.94. The maximum absolute atomic E-state index is 13.7. The standard InChI is InChI=1S/C21H18BrClF3NO3/c1-11-7-14(9-18(23)12(11)2)16(21(24,25)26)6-4-13-3-5-15(17(22)8-13)20(30)27-10-19(28)29/h3-9,16H,10H2,1-2H3,(H,27,30)(H,28,29)/b6-4+. The Morgan fingerprint density at radius 1 is 1.23 bits per heavy atom. The molecule has 2 aromatic carbocycles. The Hall–Kier alpha value is -2.32. The molecule has 2 N–H and O–H groups in total. The van der Waals surface area contributed by atoms with Crippen molar-refractivity contribution in [2.75, 3.05) is 6.54 Å². The molecule has 4 nitrogen and oxygen atoms in total. The molecule has 0 saturated carbocycles. The molecule has 2 rings (SSSR count). The second-order valence-electron chi connectivity index (χ2n) is 6.64. The predicted molar refractivity (Wildman–Crippen MR) is 113 cm³/mol. The van der Waals surface area contributed by atoms with E-state index in [1.54, 1.807) is 13.8 Å². The summed E-state index contributed by atoms with van der Waals surface area (Å²) in [6.45, 7) is 2.90. The van der Waals surface area contributed by atoms with Gasteiger partial charge in [-0.2, -0.15) is 13.2 Å². The summed E-state index contributed by atoms with van der Waals surface area (Å²) in [5.41, 5.74) is 2.03. The van der Waals surface area contributed by atoms with Gasteiger partial charge in [-0.05, 0) is 70.2 Å². The van der Waals surface area contributed by atoms with Crippen molar-refractivity contribution in [1.82, 2.24) is 5.32 Å². The van der Waals surface area contributed by atoms with Crippen LogP contribution in [0, 0.1) is 13.8 Å². The van der Waals surface area contributed by atoms with Gasteiger partial charge in [0.1, 0.15) is 6.54 Å². The Morgan fingerprint density at radius 3 is 2.43 bits per heavy atom. The molecule has 9 heteroatoms. The summed E-state index contributed by atoms with van der Waals surface area (Å²) < 4.78 is 41.3. The number of hydrogen-bond acceptors (Lipinski definition) is 2. The first-order valence-electron chi connectivity index (χ1n) is 8.71. The number of rotatable bonds is 6. The van der Waals surface area contributed by atoms with Crippen LogP contribution in [0.2, 0.25) is 5.02 Å². The van der Waals surface area contributed by atoms with Crippen molar-refractivity contribution >= 4 is 45.5 Å². The highest BCUT2D eigenvalue weighted by atomic mass is 79.9. The minimum Gasteiger partial charge on any atom is -0.480 e. The molecule has 0 fully saturated rings. The number of benzene rings is 2. The fourth-order valence-electron chi connectivity index (χ4n) is 2.71. The Labute approximate surface area is 184 Å². The van der Waals surface area contributed by atoms with E-state index in [-0.39, 0.29) is 16.1 Å². The molecule has 0 aliphatic rings. The summed E-state index contributed by atoms with van der Waals surface area (Å²) in [6, 6.07) is 7.13. The maximum Gasteiger partial charge on any atom is 0.399 e. The smallest absolute Gasteiger partial charge is 0.399 e. The van der Waals surface area contributed by atoms with E-state index in [4.69, 9.17) is 16.7 Å². The average Bonchev–Trinajstić information content (AvgIpc) is 2.63. The monoisotopic (exact) mass is 503 g/mol. The lowest BCUT2D eigenvalue weighted by Crippen LogP contribution is -2.29. The van der Waals surface area contributed by atoms with Gasteiger partial charge in [-0.1, -0.05) is 35.9 Å². The van der Waals surface area contributed by atoms with Crippen LogP contribution < -0.4 is 5.32 Å². The van der Waals surface area contributed by atoms with Crippen molar-refractivity contribution in [2.45, 2.75) is 25.9 Å². The summed E-state index contributed by atoms with van der Waals surface area (Å²) in [5, 5.41) is 11.1. The van der Waals surface area contributed by atoms with Crippen molar-refractivity contribution in [2.24, 2.45) is 0 Å². The number of carbonyl (C=O) groups excluding carboxylic acids is 1. The van der Waals surface area contributed by atoms with Gasteiger partial charge in [-0.3, -0.25) is 9.59 Å². The molecule has 0 radical (unpaired) electrons. The highest BCUT2D eigenvalue weighted by Gasteiger charge is 2.39. The molecule has 2 aromatic rings. The van der Waals surface area contributed by atoms with Gasteiger partial charge in [0.2, 0.25) is 0 Å². The molecule has 1 unspecified atom stereocenters. The van der Waals surface area contributed by atoms with Gasteiger partial charge in [0.15, 0.2) is 0 Å². The fraction of sp³-hybridized carbons (Fsp3) is 0.238. The van der Waals surface area contributed by atoms with Crippen molar-refractivity contribution < 1.29 is 27.9 Å². The van der Waals surface area contributed by atoms with Crippen LogP contribution in [-0.4, -0.2) is 29.7 Å². The molecule has 0 aliphatic carbocycles. The van der Waals surface area contributed by atoms with Crippen LogP contribution in [0.4, 0.5) is 13.2 Å². The van der Waals surface area contributed by atoms with Crippen LogP contribution in [0.3, 0.4) is 0 Å². The quantitative estimate of drug-likeness (QED) is 0.515. The Bertz CT molecular complexity index is 982. The highest BCUT2D eigenvalue weighted by molar-refractivity contribution is 9.10. The SMILES string of the molecule is Cc1cc(C(/C=C/c2ccc(C(=O)NCC(=O)O)c(Br)c2)C(F)(F)F)cc(Cl)c1C. The van der Waals surface area contributed by atoms with Crippen LogP contribution in [0.25, 0.3) is 6.08 Å². The van der Waals surface area contributed by atoms with Crippen molar-refractivity contribution in [3.8, 4) is 0 Å². The second kappa shape index (κ2) is 9.66. The topological polar surface area (TPSA) is 66.4 Å². The summed E-state index contributed by atoms with van der Waals surface area (Å²) in [6.07, 6.45) is -2.17. The van der Waals surface area contributed by atoms with Gasteiger partial charge in [0.05, 0.1) is 11.5 Å². The van der Waals surface area contributed by atoms with Crippen LogP contribution >= 0.6 is 27.5 Å². The summed E-state index contributed by atoms with van der Waals surface area (Å²) in [4.78, 5) is 22.5.